The van der Waals surface area contributed by atoms with Crippen LogP contribution in [0.5, 0.6) is 11.5 Å². The molecule has 3 aromatic rings. The topological polar surface area (TPSA) is 117 Å². The Morgan fingerprint density at radius 3 is 2.40 bits per heavy atom. The van der Waals surface area contributed by atoms with Gasteiger partial charge in [-0.15, -0.1) is 0 Å². The number of hydrogen-bond donors (Lipinski definition) is 2. The summed E-state index contributed by atoms with van der Waals surface area (Å²) in [6.07, 6.45) is 3.69. The van der Waals surface area contributed by atoms with Crippen LogP contribution in [0.15, 0.2) is 65.7 Å². The van der Waals surface area contributed by atoms with Crippen LogP contribution in [-0.4, -0.2) is 33.3 Å². The second-order valence-electron chi connectivity index (χ2n) is 9.29. The predicted molar refractivity (Wildman–Crippen MR) is 134 cm³/mol. The van der Waals surface area contributed by atoms with Gasteiger partial charge in [0.2, 0.25) is 0 Å². The van der Waals surface area contributed by atoms with Crippen LogP contribution >= 0.6 is 11.6 Å². The van der Waals surface area contributed by atoms with Crippen LogP contribution in [0.25, 0.3) is 5.69 Å². The number of hydrogen-bond acceptors (Lipinski definition) is 6. The molecular formula is C26H30ClN3O5. The highest BCUT2D eigenvalue weighted by atomic mass is 35.5. The number of benzene rings is 1. The smallest absolute Gasteiger partial charge is 0.320 e. The largest absolute Gasteiger partial charge is 0.494 e. The van der Waals surface area contributed by atoms with Crippen LogP contribution in [0.2, 0.25) is 5.02 Å². The standard InChI is InChI=1S/C26H30ClN3O5/c1-26(2,3)22(24(28)25(32)33)11-13-34-20-8-6-19(7-9-20)30-12-10-21(14-23(30)31)35-16-18-5-4-17(27)15-29-18/h4-10,12,14-15,22,24H,11,13,16,28H2,1-3H3,(H,32,33). The molecule has 2 atom stereocenters. The number of carboxylic acid groups (broad SMARTS) is 1. The van der Waals surface area contributed by atoms with E-state index in [1.807, 2.05) is 20.8 Å². The van der Waals surface area contributed by atoms with Crippen molar-refractivity contribution in [2.45, 2.75) is 39.8 Å². The zero-order valence-electron chi connectivity index (χ0n) is 20.0. The van der Waals surface area contributed by atoms with Gasteiger partial charge in [-0.2, -0.15) is 0 Å². The number of halogens is 1. The summed E-state index contributed by atoms with van der Waals surface area (Å²) in [4.78, 5) is 28.1. The van der Waals surface area contributed by atoms with Crippen molar-refractivity contribution < 1.29 is 19.4 Å². The van der Waals surface area contributed by atoms with E-state index in [0.29, 0.717) is 40.9 Å². The minimum absolute atomic E-state index is 0.222. The van der Waals surface area contributed by atoms with E-state index in [1.165, 1.54) is 10.6 Å². The molecule has 0 aliphatic heterocycles. The summed E-state index contributed by atoms with van der Waals surface area (Å²) in [5, 5.41) is 9.84. The van der Waals surface area contributed by atoms with E-state index < -0.39 is 12.0 Å². The molecule has 1 aromatic carbocycles. The van der Waals surface area contributed by atoms with Crippen molar-refractivity contribution in [3.05, 3.63) is 82.0 Å². The van der Waals surface area contributed by atoms with Crippen molar-refractivity contribution in [1.29, 1.82) is 0 Å². The van der Waals surface area contributed by atoms with Crippen LogP contribution in [-0.2, 0) is 11.4 Å². The fourth-order valence-electron chi connectivity index (χ4n) is 3.74. The number of nitrogens with two attached hydrogens (primary N) is 1. The van der Waals surface area contributed by atoms with Crippen LogP contribution in [0.3, 0.4) is 0 Å². The van der Waals surface area contributed by atoms with Gasteiger partial charge in [0.15, 0.2) is 0 Å². The van der Waals surface area contributed by atoms with Crippen molar-refractivity contribution in [3.8, 4) is 17.2 Å². The molecule has 2 aromatic heterocycles. The molecule has 186 valence electrons. The molecule has 2 unspecified atom stereocenters. The monoisotopic (exact) mass is 499 g/mol. The lowest BCUT2D eigenvalue weighted by atomic mass is 9.75. The van der Waals surface area contributed by atoms with E-state index >= 15 is 0 Å². The van der Waals surface area contributed by atoms with Crippen LogP contribution in [0, 0.1) is 11.3 Å². The zero-order chi connectivity index (χ0) is 25.6. The van der Waals surface area contributed by atoms with Gasteiger partial charge in [0, 0.05) is 24.1 Å². The molecule has 0 spiro atoms. The van der Waals surface area contributed by atoms with E-state index in [2.05, 4.69) is 4.98 Å². The Balaban J connectivity index is 1.59. The molecule has 0 aliphatic rings. The van der Waals surface area contributed by atoms with Crippen molar-refractivity contribution in [3.63, 3.8) is 0 Å². The molecule has 0 radical (unpaired) electrons. The summed E-state index contributed by atoms with van der Waals surface area (Å²) in [5.74, 6) is -0.198. The lowest BCUT2D eigenvalue weighted by Crippen LogP contribution is -2.44. The van der Waals surface area contributed by atoms with Crippen LogP contribution in [0.1, 0.15) is 32.9 Å². The molecule has 2 heterocycles. The zero-order valence-corrected chi connectivity index (χ0v) is 20.7. The number of nitrogens with zero attached hydrogens (tertiary/aromatic N) is 2. The van der Waals surface area contributed by atoms with Crippen LogP contribution < -0.4 is 20.8 Å². The fraction of sp³-hybridized carbons (Fsp3) is 0.346. The summed E-state index contributed by atoms with van der Waals surface area (Å²) >= 11 is 5.83. The molecule has 0 aliphatic carbocycles. The molecule has 0 saturated carbocycles. The molecule has 35 heavy (non-hydrogen) atoms. The van der Waals surface area contributed by atoms with E-state index in [1.54, 1.807) is 54.9 Å². The SMILES string of the molecule is CC(C)(C)C(CCOc1ccc(-n2ccc(OCc3ccc(Cl)cn3)cc2=O)cc1)C(N)C(=O)O. The third-order valence-electron chi connectivity index (χ3n) is 5.71. The van der Waals surface area contributed by atoms with E-state index in [4.69, 9.17) is 26.8 Å². The number of aromatic nitrogens is 2. The molecule has 8 nitrogen and oxygen atoms in total. The van der Waals surface area contributed by atoms with Gasteiger partial charge in [-0.1, -0.05) is 32.4 Å². The first-order valence-electron chi connectivity index (χ1n) is 11.2. The number of ether oxygens (including phenoxy) is 2. The average Bonchev–Trinajstić information content (AvgIpc) is 2.81. The maximum Gasteiger partial charge on any atom is 0.320 e. The third-order valence-corrected chi connectivity index (χ3v) is 5.93. The maximum atomic E-state index is 12.6. The second kappa shape index (κ2) is 11.4. The Hall–Kier alpha value is -3.36. The molecule has 0 fully saturated rings. The van der Waals surface area contributed by atoms with Crippen molar-refractivity contribution in [2.24, 2.45) is 17.1 Å². The maximum absolute atomic E-state index is 12.6. The Kier molecular flexibility index (Phi) is 8.53. The summed E-state index contributed by atoms with van der Waals surface area (Å²) in [6.45, 7) is 6.46. The Morgan fingerprint density at radius 1 is 1.11 bits per heavy atom. The minimum atomic E-state index is -1.02. The molecule has 3 N–H and O–H groups in total. The number of pyridine rings is 2. The average molecular weight is 500 g/mol. The summed E-state index contributed by atoms with van der Waals surface area (Å²) < 4.78 is 13.0. The molecule has 3 rings (SSSR count). The Bertz CT molecular complexity index is 1190. The minimum Gasteiger partial charge on any atom is -0.494 e. The van der Waals surface area contributed by atoms with Gasteiger partial charge in [0.25, 0.3) is 5.56 Å². The predicted octanol–water partition coefficient (Wildman–Crippen LogP) is 4.31. The number of carbonyl (C=O) groups is 1. The highest BCUT2D eigenvalue weighted by Crippen LogP contribution is 2.31. The first kappa shape index (κ1) is 26.2. The number of aliphatic carboxylic acids is 1. The van der Waals surface area contributed by atoms with E-state index in [0.717, 1.165) is 0 Å². The number of carboxylic acids is 1. The Morgan fingerprint density at radius 2 is 1.83 bits per heavy atom. The van der Waals surface area contributed by atoms with Gasteiger partial charge in [0.05, 0.1) is 17.3 Å². The quantitative estimate of drug-likeness (QED) is 0.427. The lowest BCUT2D eigenvalue weighted by Gasteiger charge is -2.33. The molecule has 0 amide bonds. The van der Waals surface area contributed by atoms with Gasteiger partial charge in [-0.05, 0) is 60.2 Å². The summed E-state index contributed by atoms with van der Waals surface area (Å²) in [7, 11) is 0. The van der Waals surface area contributed by atoms with Crippen LogP contribution in [0.4, 0.5) is 0 Å². The van der Waals surface area contributed by atoms with Gasteiger partial charge < -0.3 is 20.3 Å². The molecule has 0 bridgehead atoms. The summed E-state index contributed by atoms with van der Waals surface area (Å²) in [6, 6.07) is 12.7. The lowest BCUT2D eigenvalue weighted by molar-refractivity contribution is -0.141. The Labute approximate surface area is 209 Å². The van der Waals surface area contributed by atoms with Crippen molar-refractivity contribution in [1.82, 2.24) is 9.55 Å². The molecule has 0 saturated heterocycles. The van der Waals surface area contributed by atoms with Crippen molar-refractivity contribution in [2.75, 3.05) is 6.61 Å². The third kappa shape index (κ3) is 7.31. The first-order chi connectivity index (χ1) is 16.5. The van der Waals surface area contributed by atoms with Gasteiger partial charge in [0.1, 0.15) is 24.1 Å². The summed E-state index contributed by atoms with van der Waals surface area (Å²) in [5.41, 5.74) is 6.75. The van der Waals surface area contributed by atoms with Crippen molar-refractivity contribution >= 4 is 17.6 Å². The van der Waals surface area contributed by atoms with Gasteiger partial charge in [-0.3, -0.25) is 19.1 Å². The van der Waals surface area contributed by atoms with E-state index in [-0.39, 0.29) is 23.5 Å². The fourth-order valence-corrected chi connectivity index (χ4v) is 3.85. The first-order valence-corrected chi connectivity index (χ1v) is 11.6. The van der Waals surface area contributed by atoms with E-state index in [9.17, 15) is 14.7 Å². The van der Waals surface area contributed by atoms with Gasteiger partial charge in [-0.25, -0.2) is 0 Å². The molecular weight excluding hydrogens is 470 g/mol. The highest BCUT2D eigenvalue weighted by Gasteiger charge is 2.34. The molecule has 9 heteroatoms. The number of rotatable bonds is 10. The van der Waals surface area contributed by atoms with Gasteiger partial charge >= 0.3 is 5.97 Å². The normalized spacial score (nSPS) is 13.2. The second-order valence-corrected chi connectivity index (χ2v) is 9.73. The highest BCUT2D eigenvalue weighted by molar-refractivity contribution is 6.30.